The highest BCUT2D eigenvalue weighted by molar-refractivity contribution is 14.1. The van der Waals surface area contributed by atoms with E-state index in [2.05, 4.69) is 31.9 Å². The molecule has 0 radical (unpaired) electrons. The monoisotopic (exact) mass is 1460 g/mol. The molecule has 0 saturated carbocycles. The minimum atomic E-state index is -2.50. The van der Waals surface area contributed by atoms with Gasteiger partial charge in [-0.1, -0.05) is 0 Å². The third kappa shape index (κ3) is 13.2. The van der Waals surface area contributed by atoms with Crippen LogP contribution in [0.1, 0.15) is 41.4 Å². The number of halogens is 6. The van der Waals surface area contributed by atoms with Crippen LogP contribution >= 0.6 is 136 Å². The summed E-state index contributed by atoms with van der Waals surface area (Å²) in [6.45, 7) is -3.28. The Labute approximate surface area is 399 Å². The van der Waals surface area contributed by atoms with Crippen molar-refractivity contribution in [3.63, 3.8) is 0 Å². The summed E-state index contributed by atoms with van der Waals surface area (Å²) >= 11 is 10.2. The van der Waals surface area contributed by atoms with Crippen molar-refractivity contribution in [2.45, 2.75) is 24.4 Å². The van der Waals surface area contributed by atoms with Crippen LogP contribution in [0.4, 0.5) is 11.4 Å². The Morgan fingerprint density at radius 1 is 0.446 bits per heavy atom. The average molecular weight is 1460 g/mol. The van der Waals surface area contributed by atoms with Crippen molar-refractivity contribution in [1.29, 1.82) is 0 Å². The number of carbonyl (C=O) groups excluding carboxylic acids is 6. The number of hydrogen-bond acceptors (Lipinski definition) is 14. The number of aliphatic hydroxyl groups is 8. The Balaban J connectivity index is 2.58. The molecule has 4 atom stereocenters. The Kier molecular flexibility index (Phi) is 22.6. The van der Waals surface area contributed by atoms with Gasteiger partial charge in [0, 0.05) is 33.3 Å². The molecule has 0 heterocycles. The molecule has 0 bridgehead atoms. The molecule has 0 fully saturated rings. The predicted octanol–water partition coefficient (Wildman–Crippen LogP) is -1.78. The first kappa shape index (κ1) is 51.5. The first-order valence-corrected chi connectivity index (χ1v) is 22.1. The van der Waals surface area contributed by atoms with E-state index in [-0.39, 0.29) is 81.2 Å². The van der Waals surface area contributed by atoms with Crippen LogP contribution < -0.4 is 31.9 Å². The Bertz CT molecular complexity index is 1710. The van der Waals surface area contributed by atoms with Gasteiger partial charge in [0.2, 0.25) is 0 Å². The van der Waals surface area contributed by atoms with E-state index in [4.69, 9.17) is 10.2 Å². The first-order valence-electron chi connectivity index (χ1n) is 15.6. The van der Waals surface area contributed by atoms with Crippen molar-refractivity contribution < 1.29 is 69.6 Å². The number of carbonyl (C=O) groups is 6. The predicted molar refractivity (Wildman–Crippen MR) is 248 cm³/mol. The van der Waals surface area contributed by atoms with Gasteiger partial charge < -0.3 is 72.8 Å². The molecule has 0 spiro atoms. The number of hydrogen-bond donors (Lipinski definition) is 14. The van der Waals surface area contributed by atoms with Crippen molar-refractivity contribution in [3.05, 3.63) is 43.7 Å². The van der Waals surface area contributed by atoms with E-state index < -0.39 is 86.3 Å². The minimum Gasteiger partial charge on any atom is -0.395 e. The third-order valence-electron chi connectivity index (χ3n) is 7.09. The molecule has 0 aliphatic carbocycles. The fourth-order valence-electron chi connectivity index (χ4n) is 4.27. The Morgan fingerprint density at radius 2 is 0.714 bits per heavy atom. The quantitative estimate of drug-likeness (QED) is 0.0693. The van der Waals surface area contributed by atoms with Crippen LogP contribution in [0.2, 0.25) is 0 Å². The second-order valence-corrected chi connectivity index (χ2v) is 17.5. The zero-order chi connectivity index (χ0) is 42.6. The van der Waals surface area contributed by atoms with E-state index in [0.717, 1.165) is 0 Å². The van der Waals surface area contributed by atoms with Crippen LogP contribution in [0, 0.1) is 21.4 Å². The van der Waals surface area contributed by atoms with Gasteiger partial charge in [0.1, 0.15) is 0 Å². The average Bonchev–Trinajstić information content (AvgIpc) is 3.16. The molecule has 0 aromatic heterocycles. The summed E-state index contributed by atoms with van der Waals surface area (Å²) in [6.07, 6.45) is -7.64. The van der Waals surface area contributed by atoms with Crippen molar-refractivity contribution in [3.8, 4) is 0 Å². The number of anilines is 2. The minimum absolute atomic E-state index is 0.0397. The molecule has 14 N–H and O–H groups in total. The largest absolute Gasteiger partial charge is 0.395 e. The zero-order valence-electron chi connectivity index (χ0n) is 28.3. The molecular weight excluding hydrogens is 1430 g/mol. The second-order valence-electron chi connectivity index (χ2n) is 11.1. The van der Waals surface area contributed by atoms with E-state index >= 15 is 0 Å². The fraction of sp³-hybridized carbons (Fsp3) is 0.400. The molecule has 2 aromatic rings. The Morgan fingerprint density at radius 3 is 0.964 bits per heavy atom. The standard InChI is InChI=1S/C30H34I6N6O14/c31-15-11(25(51)37-1-3-43)17(33)21(19(35)13(15)27(53)39-5-9(47)7-45)41-29(55)23(49)24(50)30(56)42-22-18(34)12(26(52)38-2-4-44)16(32)14(20(22)36)28(54)40-6-10(48)8-46/h9-10,23-24,43-50H,1-8H2,(H,37,51)(H,38,52)(H,39,53)(H,40,54)(H,41,55)(H,42,56). The van der Waals surface area contributed by atoms with Crippen LogP contribution in [-0.4, -0.2) is 153 Å². The van der Waals surface area contributed by atoms with Crippen LogP contribution in [0.25, 0.3) is 0 Å². The number of rotatable bonds is 19. The fourth-order valence-corrected chi connectivity index (χ4v) is 13.1. The highest BCUT2D eigenvalue weighted by Gasteiger charge is 2.36. The highest BCUT2D eigenvalue weighted by atomic mass is 127. The molecular formula is C30H34I6N6O14. The summed E-state index contributed by atoms with van der Waals surface area (Å²) in [7, 11) is 0. The van der Waals surface area contributed by atoms with Crippen LogP contribution in [0.5, 0.6) is 0 Å². The summed E-state index contributed by atoms with van der Waals surface area (Å²) in [5.41, 5.74) is -0.922. The normalized spacial score (nSPS) is 13.2. The van der Waals surface area contributed by atoms with Crippen LogP contribution in [0.3, 0.4) is 0 Å². The zero-order valence-corrected chi connectivity index (χ0v) is 41.2. The number of amides is 6. The topological polar surface area (TPSA) is 336 Å². The van der Waals surface area contributed by atoms with Crippen LogP contribution in [-0.2, 0) is 9.59 Å². The maximum atomic E-state index is 13.4. The number of aliphatic hydroxyl groups excluding tert-OH is 8. The molecule has 26 heteroatoms. The van der Waals surface area contributed by atoms with Gasteiger partial charge in [0.05, 0.1) is 86.5 Å². The van der Waals surface area contributed by atoms with Gasteiger partial charge in [-0.2, -0.15) is 0 Å². The second kappa shape index (κ2) is 24.5. The van der Waals surface area contributed by atoms with E-state index in [1.54, 1.807) is 136 Å². The van der Waals surface area contributed by atoms with E-state index in [1.807, 2.05) is 0 Å². The molecule has 0 aliphatic heterocycles. The molecule has 0 saturated heterocycles. The molecule has 2 aromatic carbocycles. The van der Waals surface area contributed by atoms with Crippen molar-refractivity contribution in [1.82, 2.24) is 21.3 Å². The summed E-state index contributed by atoms with van der Waals surface area (Å²) in [6, 6.07) is 0. The maximum Gasteiger partial charge on any atom is 0.256 e. The molecule has 56 heavy (non-hydrogen) atoms. The van der Waals surface area contributed by atoms with Gasteiger partial charge in [-0.05, 0) is 136 Å². The van der Waals surface area contributed by atoms with Crippen LogP contribution in [0.15, 0.2) is 0 Å². The molecule has 6 amide bonds. The lowest BCUT2D eigenvalue weighted by Crippen LogP contribution is -2.45. The van der Waals surface area contributed by atoms with Gasteiger partial charge in [-0.15, -0.1) is 0 Å². The Hall–Kier alpha value is -0.680. The van der Waals surface area contributed by atoms with E-state index in [9.17, 15) is 59.4 Å². The lowest BCUT2D eigenvalue weighted by molar-refractivity contribution is -0.139. The van der Waals surface area contributed by atoms with Crippen molar-refractivity contribution >= 4 is 182 Å². The molecule has 20 nitrogen and oxygen atoms in total. The van der Waals surface area contributed by atoms with Gasteiger partial charge in [0.15, 0.2) is 12.2 Å². The lowest BCUT2D eigenvalue weighted by atomic mass is 10.1. The smallest absolute Gasteiger partial charge is 0.256 e. The SMILES string of the molecule is O=C(NCCO)c1c(I)c(NC(=O)C(O)C(O)C(=O)Nc2c(I)c(C(=O)NCCO)c(I)c(C(=O)NCC(O)CO)c2I)c(I)c(C(=O)NCC(O)CO)c1I. The van der Waals surface area contributed by atoms with Gasteiger partial charge in [-0.25, -0.2) is 0 Å². The number of nitrogens with one attached hydrogen (secondary N) is 6. The van der Waals surface area contributed by atoms with Crippen molar-refractivity contribution in [2.75, 3.05) is 63.2 Å². The third-order valence-corrected chi connectivity index (χ3v) is 13.6. The molecule has 4 unspecified atom stereocenters. The molecule has 0 aliphatic rings. The van der Waals surface area contributed by atoms with E-state index in [0.29, 0.717) is 0 Å². The maximum absolute atomic E-state index is 13.4. The van der Waals surface area contributed by atoms with Crippen molar-refractivity contribution in [2.24, 2.45) is 0 Å². The van der Waals surface area contributed by atoms with E-state index in [1.165, 1.54) is 0 Å². The van der Waals surface area contributed by atoms with Gasteiger partial charge >= 0.3 is 0 Å². The highest BCUT2D eigenvalue weighted by Crippen LogP contribution is 2.37. The summed E-state index contributed by atoms with van der Waals surface area (Å²) in [5.74, 6) is -5.89. The first-order chi connectivity index (χ1) is 26.3. The van der Waals surface area contributed by atoms with Gasteiger partial charge in [-0.3, -0.25) is 28.8 Å². The summed E-state index contributed by atoms with van der Waals surface area (Å²) in [5, 5.41) is 92.5. The van der Waals surface area contributed by atoms with Gasteiger partial charge in [0.25, 0.3) is 35.4 Å². The number of benzene rings is 2. The lowest BCUT2D eigenvalue weighted by Gasteiger charge is -2.23. The summed E-state index contributed by atoms with van der Waals surface area (Å²) in [4.78, 5) is 79.7. The summed E-state index contributed by atoms with van der Waals surface area (Å²) < 4.78 is 0.404. The molecule has 310 valence electrons. The molecule has 2 rings (SSSR count).